The van der Waals surface area contributed by atoms with Crippen LogP contribution in [0.4, 0.5) is 5.69 Å². The number of hydrogen-bond acceptors (Lipinski definition) is 3. The van der Waals surface area contributed by atoms with Crippen molar-refractivity contribution in [2.24, 2.45) is 0 Å². The number of sulfonamides is 1. The van der Waals surface area contributed by atoms with E-state index in [0.29, 0.717) is 11.4 Å². The molecule has 0 fully saturated rings. The van der Waals surface area contributed by atoms with E-state index in [9.17, 15) is 8.42 Å². The molecule has 0 spiro atoms. The quantitative estimate of drug-likeness (QED) is 0.598. The van der Waals surface area contributed by atoms with Crippen LogP contribution in [0.3, 0.4) is 0 Å². The van der Waals surface area contributed by atoms with Crippen molar-refractivity contribution in [2.45, 2.75) is 6.54 Å². The smallest absolute Gasteiger partial charge is 0.257 e. The van der Waals surface area contributed by atoms with Crippen LogP contribution in [-0.2, 0) is 16.6 Å². The highest BCUT2D eigenvalue weighted by Crippen LogP contribution is 2.25. The van der Waals surface area contributed by atoms with Gasteiger partial charge in [0.15, 0.2) is 0 Å². The fourth-order valence-electron chi connectivity index (χ4n) is 2.63. The maximum atomic E-state index is 13.1. The zero-order valence-electron chi connectivity index (χ0n) is 15.0. The average molecular weight is 379 g/mol. The summed E-state index contributed by atoms with van der Waals surface area (Å²) in [5.74, 6) is 0.677. The van der Waals surface area contributed by atoms with Crippen molar-refractivity contribution < 1.29 is 13.2 Å². The fourth-order valence-corrected chi connectivity index (χ4v) is 3.85. The molecule has 3 aromatic rings. The van der Waals surface area contributed by atoms with Gasteiger partial charge in [-0.3, -0.25) is 4.31 Å². The summed E-state index contributed by atoms with van der Waals surface area (Å²) in [5.41, 5.74) is 2.32. The number of nitrogens with zero attached hydrogens (tertiary/aromatic N) is 1. The number of methoxy groups -OCH3 is 1. The Hall–Kier alpha value is -3.05. The summed E-state index contributed by atoms with van der Waals surface area (Å²) in [6.45, 7) is 0.245. The highest BCUT2D eigenvalue weighted by atomic mass is 32.2. The second-order valence-electron chi connectivity index (χ2n) is 5.95. The van der Waals surface area contributed by atoms with Crippen molar-refractivity contribution in [2.75, 3.05) is 11.4 Å². The molecule has 3 rings (SSSR count). The van der Waals surface area contributed by atoms with Crippen molar-refractivity contribution in [3.8, 4) is 5.75 Å². The molecular weight excluding hydrogens is 358 g/mol. The Morgan fingerprint density at radius 1 is 0.852 bits per heavy atom. The highest BCUT2D eigenvalue weighted by Gasteiger charge is 2.20. The van der Waals surface area contributed by atoms with Gasteiger partial charge in [-0.2, -0.15) is 0 Å². The van der Waals surface area contributed by atoms with E-state index < -0.39 is 10.0 Å². The minimum Gasteiger partial charge on any atom is -0.497 e. The maximum Gasteiger partial charge on any atom is 0.257 e. The van der Waals surface area contributed by atoms with Gasteiger partial charge in [-0.05, 0) is 41.5 Å². The molecule has 0 aliphatic carbocycles. The van der Waals surface area contributed by atoms with Crippen LogP contribution in [-0.4, -0.2) is 15.5 Å². The van der Waals surface area contributed by atoms with E-state index in [0.717, 1.165) is 11.1 Å². The molecule has 0 saturated carbocycles. The summed E-state index contributed by atoms with van der Waals surface area (Å²) in [6.07, 6.45) is 1.61. The topological polar surface area (TPSA) is 46.6 Å². The lowest BCUT2D eigenvalue weighted by Gasteiger charge is -2.23. The van der Waals surface area contributed by atoms with Crippen LogP contribution in [0.15, 0.2) is 90.3 Å². The molecule has 3 aromatic carbocycles. The highest BCUT2D eigenvalue weighted by molar-refractivity contribution is 7.95. The first-order valence-electron chi connectivity index (χ1n) is 8.52. The first-order chi connectivity index (χ1) is 13.1. The summed E-state index contributed by atoms with van der Waals surface area (Å²) in [7, 11) is -2.10. The molecule has 4 nitrogen and oxygen atoms in total. The van der Waals surface area contributed by atoms with Gasteiger partial charge < -0.3 is 4.74 Å². The molecule has 5 heteroatoms. The Balaban J connectivity index is 1.95. The Bertz CT molecular complexity index is 983. The number of ether oxygens (including phenoxy) is 1. The van der Waals surface area contributed by atoms with Gasteiger partial charge in [0, 0.05) is 0 Å². The number of benzene rings is 3. The first kappa shape index (κ1) is 18.7. The predicted molar refractivity (Wildman–Crippen MR) is 110 cm³/mol. The molecule has 0 aliphatic rings. The lowest BCUT2D eigenvalue weighted by molar-refractivity contribution is 0.415. The molecule has 0 heterocycles. The van der Waals surface area contributed by atoms with Crippen LogP contribution in [0.25, 0.3) is 6.08 Å². The molecular formula is C22H21NO3S. The third kappa shape index (κ3) is 4.99. The van der Waals surface area contributed by atoms with Gasteiger partial charge >= 0.3 is 0 Å². The summed E-state index contributed by atoms with van der Waals surface area (Å²) in [4.78, 5) is 0. The van der Waals surface area contributed by atoms with Gasteiger partial charge in [0.25, 0.3) is 10.0 Å². The molecule has 0 unspecified atom stereocenters. The summed E-state index contributed by atoms with van der Waals surface area (Å²) < 4.78 is 32.7. The van der Waals surface area contributed by atoms with Crippen molar-refractivity contribution in [3.63, 3.8) is 0 Å². The molecule has 0 N–H and O–H groups in total. The van der Waals surface area contributed by atoms with E-state index in [1.165, 1.54) is 9.71 Å². The second kappa shape index (κ2) is 8.56. The van der Waals surface area contributed by atoms with E-state index >= 15 is 0 Å². The molecule has 0 amide bonds. The van der Waals surface area contributed by atoms with Crippen LogP contribution in [0.1, 0.15) is 11.1 Å². The Labute approximate surface area is 160 Å². The Kier molecular flexibility index (Phi) is 5.94. The molecule has 0 atom stereocenters. The van der Waals surface area contributed by atoms with Gasteiger partial charge in [-0.1, -0.05) is 60.7 Å². The lowest BCUT2D eigenvalue weighted by Crippen LogP contribution is -2.28. The zero-order valence-corrected chi connectivity index (χ0v) is 15.8. The van der Waals surface area contributed by atoms with E-state index in [1.807, 2.05) is 60.7 Å². The third-order valence-electron chi connectivity index (χ3n) is 4.07. The monoisotopic (exact) mass is 379 g/mol. The van der Waals surface area contributed by atoms with Crippen LogP contribution in [0, 0.1) is 0 Å². The SMILES string of the molecule is COc1ccc(N(Cc2ccccc2)S(=O)(=O)/C=C/c2ccccc2)cc1. The number of anilines is 1. The zero-order chi connectivity index (χ0) is 19.1. The molecule has 0 saturated heterocycles. The lowest BCUT2D eigenvalue weighted by atomic mass is 10.2. The van der Waals surface area contributed by atoms with Crippen molar-refractivity contribution in [1.29, 1.82) is 0 Å². The summed E-state index contributed by atoms with van der Waals surface area (Å²) in [6, 6.07) is 25.9. The van der Waals surface area contributed by atoms with Gasteiger partial charge in [-0.15, -0.1) is 0 Å². The van der Waals surface area contributed by atoms with Crippen LogP contribution in [0.2, 0.25) is 0 Å². The minimum absolute atomic E-state index is 0.245. The molecule has 0 radical (unpaired) electrons. The maximum absolute atomic E-state index is 13.1. The van der Waals surface area contributed by atoms with Crippen LogP contribution < -0.4 is 9.04 Å². The number of rotatable bonds is 7. The Morgan fingerprint density at radius 3 is 2.04 bits per heavy atom. The first-order valence-corrected chi connectivity index (χ1v) is 10.0. The number of hydrogen-bond donors (Lipinski definition) is 0. The van der Waals surface area contributed by atoms with Gasteiger partial charge in [-0.25, -0.2) is 8.42 Å². The van der Waals surface area contributed by atoms with Crippen molar-refractivity contribution in [1.82, 2.24) is 0 Å². The standard InChI is InChI=1S/C22H21NO3S/c1-26-22-14-12-21(13-15-22)23(18-20-10-6-3-7-11-20)27(24,25)17-16-19-8-4-2-5-9-19/h2-17H,18H2,1H3/b17-16+. The van der Waals surface area contributed by atoms with E-state index in [1.54, 1.807) is 37.5 Å². The molecule has 0 aliphatic heterocycles. The van der Waals surface area contributed by atoms with E-state index in [2.05, 4.69) is 0 Å². The summed E-state index contributed by atoms with van der Waals surface area (Å²) in [5, 5.41) is 1.25. The van der Waals surface area contributed by atoms with Crippen LogP contribution >= 0.6 is 0 Å². The molecule has 138 valence electrons. The van der Waals surface area contributed by atoms with Gasteiger partial charge in [0.1, 0.15) is 5.75 Å². The molecule has 27 heavy (non-hydrogen) atoms. The third-order valence-corrected chi connectivity index (χ3v) is 5.50. The van der Waals surface area contributed by atoms with Gasteiger partial charge in [0.2, 0.25) is 0 Å². The predicted octanol–water partition coefficient (Wildman–Crippen LogP) is 4.70. The molecule has 0 bridgehead atoms. The van der Waals surface area contributed by atoms with E-state index in [-0.39, 0.29) is 6.54 Å². The summed E-state index contributed by atoms with van der Waals surface area (Å²) >= 11 is 0. The van der Waals surface area contributed by atoms with Crippen molar-refractivity contribution >= 4 is 21.8 Å². The normalized spacial score (nSPS) is 11.4. The largest absolute Gasteiger partial charge is 0.497 e. The second-order valence-corrected chi connectivity index (χ2v) is 7.69. The molecule has 0 aromatic heterocycles. The Morgan fingerprint density at radius 2 is 1.44 bits per heavy atom. The van der Waals surface area contributed by atoms with E-state index in [4.69, 9.17) is 4.74 Å². The minimum atomic E-state index is -3.68. The average Bonchev–Trinajstić information content (AvgIpc) is 2.72. The van der Waals surface area contributed by atoms with Crippen LogP contribution in [0.5, 0.6) is 5.75 Å². The van der Waals surface area contributed by atoms with Gasteiger partial charge in [0.05, 0.1) is 24.7 Å². The van der Waals surface area contributed by atoms with Crippen molar-refractivity contribution in [3.05, 3.63) is 101 Å². The fraction of sp³-hybridized carbons (Fsp3) is 0.0909.